The molecule has 98 valence electrons. The van der Waals surface area contributed by atoms with E-state index in [0.29, 0.717) is 17.6 Å². The molecule has 0 saturated carbocycles. The standard InChI is InChI=1S/C12H22N2O2S/c1-8-7-17-10(12(8)14-9(2)15)5-3-4-6-11(13)16/h8,10,12H,3-7H2,1-2H3,(H2,13,16)(H,14,15). The maximum Gasteiger partial charge on any atom is 0.217 e. The van der Waals surface area contributed by atoms with Gasteiger partial charge in [0.25, 0.3) is 0 Å². The molecule has 3 atom stereocenters. The minimum Gasteiger partial charge on any atom is -0.370 e. The highest BCUT2D eigenvalue weighted by molar-refractivity contribution is 8.00. The van der Waals surface area contributed by atoms with E-state index < -0.39 is 0 Å². The highest BCUT2D eigenvalue weighted by Crippen LogP contribution is 2.34. The fourth-order valence-electron chi connectivity index (χ4n) is 2.23. The average molecular weight is 258 g/mol. The number of hydrogen-bond acceptors (Lipinski definition) is 3. The Hall–Kier alpha value is -0.710. The van der Waals surface area contributed by atoms with E-state index in [4.69, 9.17) is 5.73 Å². The highest BCUT2D eigenvalue weighted by atomic mass is 32.2. The molecule has 0 spiro atoms. The van der Waals surface area contributed by atoms with Gasteiger partial charge in [-0.25, -0.2) is 0 Å². The lowest BCUT2D eigenvalue weighted by Crippen LogP contribution is -2.41. The largest absolute Gasteiger partial charge is 0.370 e. The predicted octanol–water partition coefficient (Wildman–Crippen LogP) is 1.29. The molecule has 0 aromatic carbocycles. The molecule has 17 heavy (non-hydrogen) atoms. The molecule has 1 saturated heterocycles. The number of carbonyl (C=O) groups is 2. The Morgan fingerprint density at radius 2 is 2.12 bits per heavy atom. The molecule has 0 bridgehead atoms. The van der Waals surface area contributed by atoms with Crippen LogP contribution in [0.1, 0.15) is 39.5 Å². The summed E-state index contributed by atoms with van der Waals surface area (Å²) in [4.78, 5) is 21.7. The van der Waals surface area contributed by atoms with Crippen LogP contribution >= 0.6 is 11.8 Å². The molecular weight excluding hydrogens is 236 g/mol. The number of amides is 2. The summed E-state index contributed by atoms with van der Waals surface area (Å²) in [5, 5.41) is 3.53. The van der Waals surface area contributed by atoms with Crippen molar-refractivity contribution in [2.45, 2.75) is 50.8 Å². The SMILES string of the molecule is CC(=O)NC1C(C)CSC1CCCCC(N)=O. The van der Waals surface area contributed by atoms with Gasteiger partial charge in [-0.2, -0.15) is 11.8 Å². The molecule has 1 aliphatic rings. The molecule has 5 heteroatoms. The number of primary amides is 1. The minimum absolute atomic E-state index is 0.0477. The molecule has 3 unspecified atom stereocenters. The fraction of sp³-hybridized carbons (Fsp3) is 0.833. The van der Waals surface area contributed by atoms with E-state index >= 15 is 0 Å². The highest BCUT2D eigenvalue weighted by Gasteiger charge is 2.33. The van der Waals surface area contributed by atoms with Crippen LogP contribution in [0.3, 0.4) is 0 Å². The second kappa shape index (κ2) is 6.89. The van der Waals surface area contributed by atoms with Gasteiger partial charge in [0.15, 0.2) is 0 Å². The molecule has 0 aliphatic carbocycles. The van der Waals surface area contributed by atoms with Crippen LogP contribution in [-0.2, 0) is 9.59 Å². The van der Waals surface area contributed by atoms with Crippen molar-refractivity contribution in [2.75, 3.05) is 5.75 Å². The van der Waals surface area contributed by atoms with Gasteiger partial charge in [-0.3, -0.25) is 9.59 Å². The number of nitrogens with one attached hydrogen (secondary N) is 1. The molecule has 2 amide bonds. The Kier molecular flexibility index (Phi) is 5.82. The van der Waals surface area contributed by atoms with Crippen molar-refractivity contribution in [3.63, 3.8) is 0 Å². The Balaban J connectivity index is 2.31. The summed E-state index contributed by atoms with van der Waals surface area (Å²) >= 11 is 1.93. The molecule has 4 nitrogen and oxygen atoms in total. The zero-order valence-corrected chi connectivity index (χ0v) is 11.4. The van der Waals surface area contributed by atoms with Gasteiger partial charge in [-0.15, -0.1) is 0 Å². The molecule has 1 aliphatic heterocycles. The lowest BCUT2D eigenvalue weighted by molar-refractivity contribution is -0.120. The molecule has 0 aromatic rings. The molecular formula is C12H22N2O2S. The summed E-state index contributed by atoms with van der Waals surface area (Å²) in [6.45, 7) is 3.75. The molecule has 1 fully saturated rings. The first kappa shape index (κ1) is 14.4. The maximum absolute atomic E-state index is 11.1. The van der Waals surface area contributed by atoms with Gasteiger partial charge in [0.1, 0.15) is 0 Å². The van der Waals surface area contributed by atoms with Crippen LogP contribution in [0.4, 0.5) is 0 Å². The third-order valence-electron chi connectivity index (χ3n) is 3.12. The molecule has 0 aromatic heterocycles. The van der Waals surface area contributed by atoms with Crippen LogP contribution in [0.25, 0.3) is 0 Å². The van der Waals surface area contributed by atoms with E-state index in [1.54, 1.807) is 6.92 Å². The van der Waals surface area contributed by atoms with Crippen molar-refractivity contribution in [3.8, 4) is 0 Å². The monoisotopic (exact) mass is 258 g/mol. The zero-order valence-electron chi connectivity index (χ0n) is 10.6. The van der Waals surface area contributed by atoms with Crippen LogP contribution in [-0.4, -0.2) is 28.9 Å². The van der Waals surface area contributed by atoms with E-state index in [1.165, 1.54) is 0 Å². The number of carbonyl (C=O) groups excluding carboxylic acids is 2. The summed E-state index contributed by atoms with van der Waals surface area (Å²) in [7, 11) is 0. The third kappa shape index (κ3) is 4.98. The first-order valence-corrected chi connectivity index (χ1v) is 7.22. The van der Waals surface area contributed by atoms with E-state index in [2.05, 4.69) is 12.2 Å². The zero-order chi connectivity index (χ0) is 12.8. The van der Waals surface area contributed by atoms with Crippen molar-refractivity contribution in [2.24, 2.45) is 11.7 Å². The van der Waals surface area contributed by atoms with Crippen molar-refractivity contribution in [3.05, 3.63) is 0 Å². The molecule has 1 heterocycles. The number of unbranched alkanes of at least 4 members (excludes halogenated alkanes) is 1. The number of rotatable bonds is 6. The Morgan fingerprint density at radius 1 is 1.41 bits per heavy atom. The van der Waals surface area contributed by atoms with Gasteiger partial charge >= 0.3 is 0 Å². The van der Waals surface area contributed by atoms with Crippen molar-refractivity contribution in [1.82, 2.24) is 5.32 Å². The summed E-state index contributed by atoms with van der Waals surface area (Å²) in [5.41, 5.74) is 5.10. The first-order valence-electron chi connectivity index (χ1n) is 6.17. The summed E-state index contributed by atoms with van der Waals surface area (Å²) < 4.78 is 0. The van der Waals surface area contributed by atoms with Crippen LogP contribution in [0.15, 0.2) is 0 Å². The summed E-state index contributed by atoms with van der Waals surface area (Å²) in [6, 6.07) is 0.283. The van der Waals surface area contributed by atoms with E-state index in [1.807, 2.05) is 11.8 Å². The van der Waals surface area contributed by atoms with Crippen LogP contribution in [0.2, 0.25) is 0 Å². The van der Waals surface area contributed by atoms with Gasteiger partial charge in [0.05, 0.1) is 0 Å². The van der Waals surface area contributed by atoms with Crippen LogP contribution in [0, 0.1) is 5.92 Å². The minimum atomic E-state index is -0.226. The number of nitrogens with two attached hydrogens (primary N) is 1. The summed E-state index contributed by atoms with van der Waals surface area (Å²) in [5.74, 6) is 1.46. The lowest BCUT2D eigenvalue weighted by Gasteiger charge is -2.22. The third-order valence-corrected chi connectivity index (χ3v) is 4.79. The van der Waals surface area contributed by atoms with Crippen molar-refractivity contribution >= 4 is 23.6 Å². The predicted molar refractivity (Wildman–Crippen MR) is 70.7 cm³/mol. The Bertz CT molecular complexity index is 284. The lowest BCUT2D eigenvalue weighted by atomic mass is 9.97. The average Bonchev–Trinajstić information content (AvgIpc) is 2.55. The van der Waals surface area contributed by atoms with Crippen molar-refractivity contribution in [1.29, 1.82) is 0 Å². The second-order valence-corrected chi connectivity index (χ2v) is 6.06. The van der Waals surface area contributed by atoms with E-state index in [-0.39, 0.29) is 17.9 Å². The molecule has 1 rings (SSSR count). The van der Waals surface area contributed by atoms with Gasteiger partial charge in [-0.05, 0) is 24.5 Å². The van der Waals surface area contributed by atoms with Crippen LogP contribution < -0.4 is 11.1 Å². The van der Waals surface area contributed by atoms with Gasteiger partial charge < -0.3 is 11.1 Å². The second-order valence-electron chi connectivity index (χ2n) is 4.79. The van der Waals surface area contributed by atoms with Gasteiger partial charge in [-0.1, -0.05) is 13.3 Å². The van der Waals surface area contributed by atoms with Gasteiger partial charge in [0, 0.05) is 24.6 Å². The topological polar surface area (TPSA) is 72.2 Å². The van der Waals surface area contributed by atoms with E-state index in [9.17, 15) is 9.59 Å². The normalized spacial score (nSPS) is 28.0. The first-order chi connectivity index (χ1) is 8.00. The van der Waals surface area contributed by atoms with Crippen molar-refractivity contribution < 1.29 is 9.59 Å². The fourth-order valence-corrected chi connectivity index (χ4v) is 3.86. The molecule has 3 N–H and O–H groups in total. The van der Waals surface area contributed by atoms with E-state index in [0.717, 1.165) is 25.0 Å². The number of thioether (sulfide) groups is 1. The Labute approximate surface area is 107 Å². The van der Waals surface area contributed by atoms with Gasteiger partial charge in [0.2, 0.25) is 11.8 Å². The van der Waals surface area contributed by atoms with Crippen LogP contribution in [0.5, 0.6) is 0 Å². The Morgan fingerprint density at radius 3 is 2.71 bits per heavy atom. The molecule has 0 radical (unpaired) electrons. The number of hydrogen-bond donors (Lipinski definition) is 2. The smallest absolute Gasteiger partial charge is 0.217 e. The summed E-state index contributed by atoms with van der Waals surface area (Å²) in [6.07, 6.45) is 3.38. The quantitative estimate of drug-likeness (QED) is 0.705. The maximum atomic E-state index is 11.1.